The molecule has 0 heterocycles. The number of nitrogens with one attached hydrogen (secondary N) is 1. The molecular weight excluding hydrogens is 484 g/mol. The molecular formula is C29H48N4O5. The topological polar surface area (TPSA) is 126 Å². The van der Waals surface area contributed by atoms with Crippen LogP contribution in [0.1, 0.15) is 65.4 Å². The lowest BCUT2D eigenvalue weighted by Gasteiger charge is -2.30. The largest absolute Gasteiger partial charge is 0.493 e. The first-order chi connectivity index (χ1) is 18.2. The maximum absolute atomic E-state index is 12.8. The van der Waals surface area contributed by atoms with Crippen molar-refractivity contribution in [3.63, 3.8) is 0 Å². The Bertz CT molecular complexity index is 899. The van der Waals surface area contributed by atoms with Gasteiger partial charge in [-0.3, -0.25) is 4.79 Å². The van der Waals surface area contributed by atoms with E-state index in [-0.39, 0.29) is 36.0 Å². The third-order valence-corrected chi connectivity index (χ3v) is 7.51. The van der Waals surface area contributed by atoms with Gasteiger partial charge in [0.25, 0.3) is 0 Å². The van der Waals surface area contributed by atoms with Crippen LogP contribution in [0.5, 0.6) is 11.5 Å². The van der Waals surface area contributed by atoms with E-state index >= 15 is 0 Å². The standard InChI is InChI=1S/C29H48N4O5/c1-19(2)23(14-22-10-11-27(37-6)28(15-22)38-13-7-12-36-5)16-25(32-33-30)26(34)17-24(20(3)4)29(35)31-18-21-8-9-21/h10-11,15,19-21,23-26,34H,7-9,12-14,16-18H2,1-6H3,(H,31,35)/t23-,24-,25-,26-/m0/s1. The molecule has 1 fully saturated rings. The Morgan fingerprint density at radius 1 is 1.13 bits per heavy atom. The van der Waals surface area contributed by atoms with Crippen LogP contribution in [0.25, 0.3) is 10.4 Å². The zero-order valence-corrected chi connectivity index (χ0v) is 24.1. The van der Waals surface area contributed by atoms with Crippen molar-refractivity contribution in [2.75, 3.05) is 34.0 Å². The molecule has 2 N–H and O–H groups in total. The third-order valence-electron chi connectivity index (χ3n) is 7.51. The van der Waals surface area contributed by atoms with E-state index in [4.69, 9.17) is 14.2 Å². The molecule has 0 saturated heterocycles. The van der Waals surface area contributed by atoms with Crippen molar-refractivity contribution in [2.45, 2.75) is 78.4 Å². The SMILES string of the molecule is COCCCOc1cc(C[C@@H](C[C@H](N=[N+]=[N-])[C@@H](O)C[C@H](C(=O)NCC2CC2)C(C)C)C(C)C)ccc1OC. The molecule has 9 nitrogen and oxygen atoms in total. The smallest absolute Gasteiger partial charge is 0.223 e. The van der Waals surface area contributed by atoms with Crippen LogP contribution in [-0.4, -0.2) is 57.1 Å². The minimum atomic E-state index is -0.901. The fourth-order valence-electron chi connectivity index (χ4n) is 4.70. The van der Waals surface area contributed by atoms with Crippen LogP contribution in [0, 0.1) is 29.6 Å². The van der Waals surface area contributed by atoms with E-state index in [9.17, 15) is 15.4 Å². The first kappa shape index (κ1) is 31.7. The number of nitrogens with zero attached hydrogens (tertiary/aromatic N) is 3. The van der Waals surface area contributed by atoms with E-state index in [0.29, 0.717) is 43.6 Å². The molecule has 1 aliphatic carbocycles. The molecule has 9 heteroatoms. The number of aliphatic hydroxyl groups is 1. The average molecular weight is 533 g/mol. The Morgan fingerprint density at radius 3 is 2.45 bits per heavy atom. The van der Waals surface area contributed by atoms with Gasteiger partial charge in [0, 0.05) is 37.5 Å². The molecule has 38 heavy (non-hydrogen) atoms. The fourth-order valence-corrected chi connectivity index (χ4v) is 4.70. The lowest BCUT2D eigenvalue weighted by molar-refractivity contribution is -0.127. The van der Waals surface area contributed by atoms with Crippen LogP contribution in [0.2, 0.25) is 0 Å². The highest BCUT2D eigenvalue weighted by molar-refractivity contribution is 5.78. The van der Waals surface area contributed by atoms with E-state index < -0.39 is 12.1 Å². The highest BCUT2D eigenvalue weighted by atomic mass is 16.5. The van der Waals surface area contributed by atoms with Gasteiger partial charge in [0.15, 0.2) is 11.5 Å². The predicted octanol–water partition coefficient (Wildman–Crippen LogP) is 5.54. The summed E-state index contributed by atoms with van der Waals surface area (Å²) < 4.78 is 16.5. The van der Waals surface area contributed by atoms with Crippen molar-refractivity contribution in [1.82, 2.24) is 5.32 Å². The van der Waals surface area contributed by atoms with Gasteiger partial charge in [0.2, 0.25) is 5.91 Å². The molecule has 0 aromatic heterocycles. The highest BCUT2D eigenvalue weighted by Crippen LogP contribution is 2.33. The molecule has 4 atom stereocenters. The highest BCUT2D eigenvalue weighted by Gasteiger charge is 2.32. The van der Waals surface area contributed by atoms with Gasteiger partial charge < -0.3 is 24.6 Å². The summed E-state index contributed by atoms with van der Waals surface area (Å²) in [5.74, 6) is 2.10. The van der Waals surface area contributed by atoms with Gasteiger partial charge in [-0.2, -0.15) is 0 Å². The number of azide groups is 1. The molecule has 0 aliphatic heterocycles. The van der Waals surface area contributed by atoms with Crippen molar-refractivity contribution in [3.8, 4) is 11.5 Å². The summed E-state index contributed by atoms with van der Waals surface area (Å²) in [5, 5.41) is 18.2. The number of hydrogen-bond donors (Lipinski definition) is 2. The minimum absolute atomic E-state index is 0.0256. The molecule has 1 saturated carbocycles. The number of benzene rings is 1. The van der Waals surface area contributed by atoms with Crippen molar-refractivity contribution >= 4 is 5.91 Å². The lowest BCUT2D eigenvalue weighted by Crippen LogP contribution is -2.39. The second kappa shape index (κ2) is 16.5. The van der Waals surface area contributed by atoms with Gasteiger partial charge in [-0.25, -0.2) is 0 Å². The van der Waals surface area contributed by atoms with Crippen LogP contribution >= 0.6 is 0 Å². The number of ether oxygens (including phenoxy) is 3. The van der Waals surface area contributed by atoms with E-state index in [1.54, 1.807) is 14.2 Å². The quantitative estimate of drug-likeness (QED) is 0.105. The van der Waals surface area contributed by atoms with Crippen LogP contribution in [0.3, 0.4) is 0 Å². The van der Waals surface area contributed by atoms with Gasteiger partial charge in [-0.05, 0) is 79.0 Å². The van der Waals surface area contributed by atoms with E-state index in [2.05, 4.69) is 29.2 Å². The van der Waals surface area contributed by atoms with Crippen molar-refractivity contribution in [2.24, 2.45) is 34.7 Å². The molecule has 1 aromatic rings. The molecule has 2 rings (SSSR count). The molecule has 0 unspecified atom stereocenters. The molecule has 0 spiro atoms. The predicted molar refractivity (Wildman–Crippen MR) is 149 cm³/mol. The lowest BCUT2D eigenvalue weighted by atomic mass is 9.80. The maximum atomic E-state index is 12.8. The van der Waals surface area contributed by atoms with Crippen molar-refractivity contribution in [1.29, 1.82) is 0 Å². The number of rotatable bonds is 19. The summed E-state index contributed by atoms with van der Waals surface area (Å²) in [7, 11) is 3.29. The summed E-state index contributed by atoms with van der Waals surface area (Å²) in [5.41, 5.74) is 10.4. The van der Waals surface area contributed by atoms with Gasteiger partial charge >= 0.3 is 0 Å². The van der Waals surface area contributed by atoms with E-state index in [1.165, 1.54) is 12.8 Å². The molecule has 1 aliphatic rings. The molecule has 0 radical (unpaired) electrons. The van der Waals surface area contributed by atoms with Gasteiger partial charge in [-0.15, -0.1) is 0 Å². The summed E-state index contributed by atoms with van der Waals surface area (Å²) in [6, 6.07) is 5.31. The summed E-state index contributed by atoms with van der Waals surface area (Å²) in [6.07, 6.45) is 3.73. The van der Waals surface area contributed by atoms with Gasteiger partial charge in [0.05, 0.1) is 25.9 Å². The molecule has 1 aromatic carbocycles. The molecule has 0 bridgehead atoms. The molecule has 214 valence electrons. The Hall–Kier alpha value is -2.48. The third kappa shape index (κ3) is 10.7. The number of amides is 1. The monoisotopic (exact) mass is 532 g/mol. The van der Waals surface area contributed by atoms with Gasteiger partial charge in [0.1, 0.15) is 0 Å². The number of hydrogen-bond acceptors (Lipinski definition) is 6. The Balaban J connectivity index is 2.10. The second-order valence-electron chi connectivity index (χ2n) is 11.2. The van der Waals surface area contributed by atoms with Crippen molar-refractivity contribution in [3.05, 3.63) is 34.2 Å². The number of methoxy groups -OCH3 is 2. The number of aliphatic hydroxyl groups excluding tert-OH is 1. The zero-order chi connectivity index (χ0) is 28.1. The first-order valence-electron chi connectivity index (χ1n) is 14.0. The Labute approximate surface area is 228 Å². The summed E-state index contributed by atoms with van der Waals surface area (Å²) in [4.78, 5) is 15.9. The number of carbonyl (C=O) groups is 1. The maximum Gasteiger partial charge on any atom is 0.223 e. The normalized spacial score (nSPS) is 16.4. The summed E-state index contributed by atoms with van der Waals surface area (Å²) >= 11 is 0. The minimum Gasteiger partial charge on any atom is -0.493 e. The van der Waals surface area contributed by atoms with Crippen molar-refractivity contribution < 1.29 is 24.1 Å². The van der Waals surface area contributed by atoms with Gasteiger partial charge in [-0.1, -0.05) is 38.9 Å². The van der Waals surface area contributed by atoms with Crippen LogP contribution in [0.15, 0.2) is 23.3 Å². The average Bonchev–Trinajstić information content (AvgIpc) is 3.72. The number of carbonyl (C=O) groups excluding carboxylic acids is 1. The summed E-state index contributed by atoms with van der Waals surface area (Å²) in [6.45, 7) is 10.1. The Kier molecular flexibility index (Phi) is 13.8. The van der Waals surface area contributed by atoms with E-state index in [0.717, 1.165) is 18.4 Å². The van der Waals surface area contributed by atoms with Crippen LogP contribution in [-0.2, 0) is 16.0 Å². The zero-order valence-electron chi connectivity index (χ0n) is 24.1. The van der Waals surface area contributed by atoms with Crippen LogP contribution < -0.4 is 14.8 Å². The second-order valence-corrected chi connectivity index (χ2v) is 11.2. The first-order valence-corrected chi connectivity index (χ1v) is 14.0. The fraction of sp³-hybridized carbons (Fsp3) is 0.759. The van der Waals surface area contributed by atoms with Crippen LogP contribution in [0.4, 0.5) is 0 Å². The molecule has 1 amide bonds. The van der Waals surface area contributed by atoms with E-state index in [1.807, 2.05) is 32.0 Å². The Morgan fingerprint density at radius 2 is 1.87 bits per heavy atom.